The number of methoxy groups -OCH3 is 2. The molecule has 2 rings (SSSR count). The van der Waals surface area contributed by atoms with Crippen LogP contribution in [-0.2, 0) is 14.3 Å². The van der Waals surface area contributed by atoms with Gasteiger partial charge >= 0.3 is 5.97 Å². The lowest BCUT2D eigenvalue weighted by Crippen LogP contribution is -2.29. The lowest BCUT2D eigenvalue weighted by molar-refractivity contribution is -0.139. The van der Waals surface area contributed by atoms with E-state index in [2.05, 4.69) is 6.92 Å². The Kier molecular flexibility index (Phi) is 5.44. The monoisotopic (exact) mass is 306 g/mol. The third-order valence-electron chi connectivity index (χ3n) is 3.76. The van der Waals surface area contributed by atoms with Crippen LogP contribution in [0.4, 0.5) is 0 Å². The summed E-state index contributed by atoms with van der Waals surface area (Å²) in [4.78, 5) is 12.0. The number of esters is 1. The van der Waals surface area contributed by atoms with Gasteiger partial charge in [0.05, 0.1) is 20.3 Å². The molecule has 1 aromatic carbocycles. The van der Waals surface area contributed by atoms with Crippen molar-refractivity contribution in [2.24, 2.45) is 0 Å². The molecule has 0 amide bonds. The van der Waals surface area contributed by atoms with Gasteiger partial charge in [-0.15, -0.1) is 0 Å². The normalized spacial score (nSPS) is 21.6. The Bertz CT molecular complexity index is 547. The fourth-order valence-corrected chi connectivity index (χ4v) is 2.64. The summed E-state index contributed by atoms with van der Waals surface area (Å²) in [5.41, 5.74) is 0.966. The van der Waals surface area contributed by atoms with Crippen LogP contribution in [0.1, 0.15) is 37.9 Å². The molecule has 1 aromatic rings. The summed E-state index contributed by atoms with van der Waals surface area (Å²) in [6.07, 6.45) is 1.38. The highest BCUT2D eigenvalue weighted by Gasteiger charge is 2.35. The van der Waals surface area contributed by atoms with Crippen molar-refractivity contribution in [2.45, 2.75) is 38.4 Å². The summed E-state index contributed by atoms with van der Waals surface area (Å²) in [5, 5.41) is 10.3. The van der Waals surface area contributed by atoms with Crippen molar-refractivity contribution in [3.05, 3.63) is 41.2 Å². The first kappa shape index (κ1) is 16.4. The van der Waals surface area contributed by atoms with E-state index < -0.39 is 12.1 Å². The molecule has 22 heavy (non-hydrogen) atoms. The van der Waals surface area contributed by atoms with Crippen LogP contribution in [0, 0.1) is 0 Å². The summed E-state index contributed by atoms with van der Waals surface area (Å²) >= 11 is 0. The third-order valence-corrected chi connectivity index (χ3v) is 3.76. The Balaban J connectivity index is 2.37. The van der Waals surface area contributed by atoms with Crippen LogP contribution in [0.2, 0.25) is 0 Å². The maximum Gasteiger partial charge on any atom is 0.340 e. The Hall–Kier alpha value is -2.01. The second kappa shape index (κ2) is 7.31. The average Bonchev–Trinajstić information content (AvgIpc) is 2.54. The first-order valence-corrected chi connectivity index (χ1v) is 7.40. The van der Waals surface area contributed by atoms with Crippen LogP contribution >= 0.6 is 0 Å². The van der Waals surface area contributed by atoms with E-state index >= 15 is 0 Å². The predicted octanol–water partition coefficient (Wildman–Crippen LogP) is 3.31. The van der Waals surface area contributed by atoms with Gasteiger partial charge in [-0.25, -0.2) is 4.79 Å². The number of carbonyl (C=O) groups excluding carboxylic acids is 1. The molecular weight excluding hydrogens is 284 g/mol. The molecule has 2 atom stereocenters. The number of aliphatic hydroxyl groups is 1. The maximum atomic E-state index is 12.0. The van der Waals surface area contributed by atoms with Crippen LogP contribution < -0.4 is 4.74 Å². The fourth-order valence-electron chi connectivity index (χ4n) is 2.64. The molecule has 0 aliphatic carbocycles. The Morgan fingerprint density at radius 1 is 1.32 bits per heavy atom. The quantitative estimate of drug-likeness (QED) is 0.845. The van der Waals surface area contributed by atoms with E-state index in [9.17, 15) is 9.90 Å². The molecule has 0 aromatic heterocycles. The highest BCUT2D eigenvalue weighted by molar-refractivity contribution is 5.90. The zero-order valence-electron chi connectivity index (χ0n) is 13.2. The van der Waals surface area contributed by atoms with Gasteiger partial charge in [-0.2, -0.15) is 0 Å². The first-order valence-electron chi connectivity index (χ1n) is 7.40. The van der Waals surface area contributed by atoms with E-state index in [1.807, 2.05) is 12.1 Å². The molecule has 0 unspecified atom stereocenters. The van der Waals surface area contributed by atoms with E-state index in [1.54, 1.807) is 19.2 Å². The summed E-state index contributed by atoms with van der Waals surface area (Å²) in [7, 11) is 2.89. The van der Waals surface area contributed by atoms with Crippen LogP contribution in [0.3, 0.4) is 0 Å². The van der Waals surface area contributed by atoms with Gasteiger partial charge in [0.25, 0.3) is 0 Å². The van der Waals surface area contributed by atoms with Crippen molar-refractivity contribution in [3.8, 4) is 5.75 Å². The molecule has 1 aliphatic heterocycles. The molecule has 1 N–H and O–H groups in total. The SMILES string of the molecule is CCC[C@@H]1CC(O)=C(C(=O)OC)[C@@H](c2ccc(OC)cc2)O1. The molecule has 0 fully saturated rings. The fraction of sp³-hybridized carbons (Fsp3) is 0.471. The number of rotatable bonds is 5. The third kappa shape index (κ3) is 3.42. The lowest BCUT2D eigenvalue weighted by Gasteiger charge is -2.31. The topological polar surface area (TPSA) is 65.0 Å². The molecule has 0 radical (unpaired) electrons. The largest absolute Gasteiger partial charge is 0.512 e. The summed E-state index contributed by atoms with van der Waals surface area (Å²) in [6.45, 7) is 2.06. The number of benzene rings is 1. The highest BCUT2D eigenvalue weighted by atomic mass is 16.5. The Morgan fingerprint density at radius 2 is 2.00 bits per heavy atom. The first-order chi connectivity index (χ1) is 10.6. The minimum atomic E-state index is -0.622. The second-order valence-corrected chi connectivity index (χ2v) is 5.26. The number of aliphatic hydroxyl groups excluding tert-OH is 1. The van der Waals surface area contributed by atoms with E-state index in [-0.39, 0.29) is 17.4 Å². The van der Waals surface area contributed by atoms with Gasteiger partial charge in [-0.1, -0.05) is 25.5 Å². The minimum Gasteiger partial charge on any atom is -0.512 e. The summed E-state index contributed by atoms with van der Waals surface area (Å²) < 4.78 is 16.0. The van der Waals surface area contributed by atoms with Gasteiger partial charge in [0.1, 0.15) is 23.2 Å². The number of hydrogen-bond donors (Lipinski definition) is 1. The Labute approximate surface area is 130 Å². The van der Waals surface area contributed by atoms with Crippen molar-refractivity contribution in [2.75, 3.05) is 14.2 Å². The minimum absolute atomic E-state index is 0.0531. The van der Waals surface area contributed by atoms with Gasteiger partial charge in [0.2, 0.25) is 0 Å². The zero-order valence-corrected chi connectivity index (χ0v) is 13.2. The molecule has 0 spiro atoms. The van der Waals surface area contributed by atoms with Gasteiger partial charge in [0.15, 0.2) is 0 Å². The Morgan fingerprint density at radius 3 is 2.55 bits per heavy atom. The smallest absolute Gasteiger partial charge is 0.340 e. The van der Waals surface area contributed by atoms with Gasteiger partial charge in [-0.3, -0.25) is 0 Å². The molecule has 120 valence electrons. The summed E-state index contributed by atoms with van der Waals surface area (Å²) in [5.74, 6) is 0.211. The molecule has 1 heterocycles. The summed E-state index contributed by atoms with van der Waals surface area (Å²) in [6, 6.07) is 7.25. The van der Waals surface area contributed by atoms with Crippen LogP contribution in [-0.4, -0.2) is 31.4 Å². The average molecular weight is 306 g/mol. The van der Waals surface area contributed by atoms with Crippen molar-refractivity contribution >= 4 is 5.97 Å². The van der Waals surface area contributed by atoms with Gasteiger partial charge in [-0.05, 0) is 24.1 Å². The number of ether oxygens (including phenoxy) is 3. The highest BCUT2D eigenvalue weighted by Crippen LogP contribution is 2.37. The van der Waals surface area contributed by atoms with E-state index in [4.69, 9.17) is 14.2 Å². The lowest BCUT2D eigenvalue weighted by atomic mass is 9.94. The van der Waals surface area contributed by atoms with Crippen LogP contribution in [0.5, 0.6) is 5.75 Å². The predicted molar refractivity (Wildman–Crippen MR) is 81.8 cm³/mol. The number of hydrogen-bond acceptors (Lipinski definition) is 5. The van der Waals surface area contributed by atoms with Crippen molar-refractivity contribution in [1.82, 2.24) is 0 Å². The molecule has 5 heteroatoms. The molecule has 0 saturated carbocycles. The standard InChI is InChI=1S/C17H22O5/c1-4-5-13-10-14(18)15(17(19)21-3)16(22-13)11-6-8-12(20-2)9-7-11/h6-9,13,16,18H,4-5,10H2,1-3H3/t13-,16-/m1/s1. The van der Waals surface area contributed by atoms with Crippen LogP contribution in [0.25, 0.3) is 0 Å². The van der Waals surface area contributed by atoms with E-state index in [1.165, 1.54) is 7.11 Å². The molecule has 0 bridgehead atoms. The van der Waals surface area contributed by atoms with Crippen molar-refractivity contribution < 1.29 is 24.1 Å². The molecular formula is C17H22O5. The van der Waals surface area contributed by atoms with Gasteiger partial charge < -0.3 is 19.3 Å². The molecule has 5 nitrogen and oxygen atoms in total. The van der Waals surface area contributed by atoms with Crippen LogP contribution in [0.15, 0.2) is 35.6 Å². The van der Waals surface area contributed by atoms with E-state index in [0.717, 1.165) is 24.2 Å². The zero-order chi connectivity index (χ0) is 16.1. The van der Waals surface area contributed by atoms with Crippen molar-refractivity contribution in [3.63, 3.8) is 0 Å². The molecule has 0 saturated heterocycles. The molecule has 1 aliphatic rings. The van der Waals surface area contributed by atoms with Crippen molar-refractivity contribution in [1.29, 1.82) is 0 Å². The van der Waals surface area contributed by atoms with Gasteiger partial charge in [0, 0.05) is 6.42 Å². The van der Waals surface area contributed by atoms with E-state index in [0.29, 0.717) is 6.42 Å². The second-order valence-electron chi connectivity index (χ2n) is 5.26. The maximum absolute atomic E-state index is 12.0. The number of carbonyl (C=O) groups is 1.